The van der Waals surface area contributed by atoms with Gasteiger partial charge in [-0.1, -0.05) is 36.8 Å². The Morgan fingerprint density at radius 1 is 0.943 bits per heavy atom. The lowest BCUT2D eigenvalue weighted by Crippen LogP contribution is -2.41. The Kier molecular flexibility index (Phi) is 7.25. The molecule has 1 aromatic heterocycles. The van der Waals surface area contributed by atoms with Crippen molar-refractivity contribution in [1.82, 2.24) is 19.8 Å². The van der Waals surface area contributed by atoms with Gasteiger partial charge < -0.3 is 14.7 Å². The smallest absolute Gasteiger partial charge is 0.274 e. The van der Waals surface area contributed by atoms with Gasteiger partial charge in [0.05, 0.1) is 23.8 Å². The maximum atomic E-state index is 13.5. The van der Waals surface area contributed by atoms with Crippen LogP contribution < -0.4 is 4.74 Å². The van der Waals surface area contributed by atoms with Crippen LogP contribution >= 0.6 is 0 Å². The molecule has 0 unspecified atom stereocenters. The minimum absolute atomic E-state index is 0.00857. The number of carbonyl (C=O) groups is 1. The van der Waals surface area contributed by atoms with Gasteiger partial charge in [0.2, 0.25) is 0 Å². The normalized spacial score (nSPS) is 23.7. The van der Waals surface area contributed by atoms with Crippen molar-refractivity contribution in [3.63, 3.8) is 0 Å². The van der Waals surface area contributed by atoms with Gasteiger partial charge in [-0.2, -0.15) is 0 Å². The number of nitrogens with zero attached hydrogens (tertiary/aromatic N) is 4. The number of benzene rings is 2. The van der Waals surface area contributed by atoms with E-state index in [9.17, 15) is 9.90 Å². The molecule has 4 heterocycles. The molecule has 0 radical (unpaired) electrons. The van der Waals surface area contributed by atoms with E-state index in [0.717, 1.165) is 74.1 Å². The topological polar surface area (TPSA) is 78.8 Å². The second-order valence-corrected chi connectivity index (χ2v) is 9.88. The van der Waals surface area contributed by atoms with E-state index in [-0.39, 0.29) is 17.9 Å². The number of fused-ring (bicyclic) bond motifs is 10. The summed E-state index contributed by atoms with van der Waals surface area (Å²) in [4.78, 5) is 26.8. The van der Waals surface area contributed by atoms with Crippen LogP contribution in [0.3, 0.4) is 0 Å². The number of rotatable bonds is 2. The standard InChI is InChI=1S/C28H34N4O3/c33-21-28-11-5-6-14-32(27(34)25-19-29-23-8-2-3-9-24(23)30-25)17-18-35-26-10-4-1-7-22(26)20-31(15-12-28)16-13-28/h1-4,7-10,19,33H,5-6,11-18,20-21H2. The molecule has 6 rings (SSSR count). The summed E-state index contributed by atoms with van der Waals surface area (Å²) in [7, 11) is 0. The molecule has 1 amide bonds. The summed E-state index contributed by atoms with van der Waals surface area (Å²) in [6.45, 7) is 4.58. The molecule has 2 bridgehead atoms. The van der Waals surface area contributed by atoms with Crippen molar-refractivity contribution in [2.75, 3.05) is 39.4 Å². The van der Waals surface area contributed by atoms with Gasteiger partial charge in [-0.3, -0.25) is 14.7 Å². The Morgan fingerprint density at radius 2 is 1.71 bits per heavy atom. The first-order valence-corrected chi connectivity index (χ1v) is 12.7. The van der Waals surface area contributed by atoms with Crippen molar-refractivity contribution in [3.05, 3.63) is 66.0 Å². The molecular formula is C28H34N4O3. The van der Waals surface area contributed by atoms with Crippen LogP contribution in [0, 0.1) is 5.41 Å². The maximum Gasteiger partial charge on any atom is 0.274 e. The number of aromatic nitrogens is 2. The Labute approximate surface area is 206 Å². The molecule has 7 nitrogen and oxygen atoms in total. The number of amides is 1. The number of hydrogen-bond acceptors (Lipinski definition) is 6. The first-order chi connectivity index (χ1) is 17.2. The van der Waals surface area contributed by atoms with Gasteiger partial charge >= 0.3 is 0 Å². The number of carbonyl (C=O) groups excluding carboxylic acids is 1. The molecule has 7 heteroatoms. The summed E-state index contributed by atoms with van der Waals surface area (Å²) >= 11 is 0. The number of aliphatic hydroxyl groups is 1. The Hall–Kier alpha value is -3.03. The average Bonchev–Trinajstić information content (AvgIpc) is 2.92. The van der Waals surface area contributed by atoms with Crippen molar-refractivity contribution in [1.29, 1.82) is 0 Å². The lowest BCUT2D eigenvalue weighted by molar-refractivity contribution is 0.0319. The van der Waals surface area contributed by atoms with Crippen LogP contribution in [0.4, 0.5) is 0 Å². The summed E-state index contributed by atoms with van der Waals surface area (Å²) in [5, 5.41) is 10.2. The number of ether oxygens (including phenoxy) is 1. The third-order valence-electron chi connectivity index (χ3n) is 7.58. The highest BCUT2D eigenvalue weighted by molar-refractivity contribution is 5.93. The number of hydrogen-bond donors (Lipinski definition) is 1. The zero-order valence-corrected chi connectivity index (χ0v) is 20.2. The molecule has 2 aromatic carbocycles. The van der Waals surface area contributed by atoms with Gasteiger partial charge in [0.15, 0.2) is 0 Å². The Morgan fingerprint density at radius 3 is 2.54 bits per heavy atom. The van der Waals surface area contributed by atoms with Gasteiger partial charge in [-0.25, -0.2) is 4.98 Å². The molecule has 0 spiro atoms. The SMILES string of the molecule is O=C(c1cnc2ccccc2n1)N1CCCCC2(CO)CCN(CC2)Cc2ccccc2OCC1. The molecular weight excluding hydrogens is 440 g/mol. The molecule has 1 N–H and O–H groups in total. The van der Waals surface area contributed by atoms with E-state index in [1.54, 1.807) is 6.20 Å². The van der Waals surface area contributed by atoms with E-state index >= 15 is 0 Å². The van der Waals surface area contributed by atoms with Crippen LogP contribution in [0.1, 0.15) is 48.2 Å². The highest BCUT2D eigenvalue weighted by Gasteiger charge is 2.34. The fourth-order valence-corrected chi connectivity index (χ4v) is 5.29. The molecule has 0 saturated carbocycles. The van der Waals surface area contributed by atoms with Gasteiger partial charge in [-0.05, 0) is 62.4 Å². The van der Waals surface area contributed by atoms with Crippen molar-refractivity contribution in [2.45, 2.75) is 38.6 Å². The molecule has 0 aliphatic carbocycles. The lowest BCUT2D eigenvalue weighted by atomic mass is 9.75. The maximum absolute atomic E-state index is 13.5. The van der Waals surface area contributed by atoms with Gasteiger partial charge in [0.1, 0.15) is 18.1 Å². The molecule has 3 aliphatic heterocycles. The van der Waals surface area contributed by atoms with E-state index in [4.69, 9.17) is 4.74 Å². The van der Waals surface area contributed by atoms with Crippen LogP contribution in [0.2, 0.25) is 0 Å². The third kappa shape index (κ3) is 5.46. The number of piperidine rings is 1. The minimum atomic E-state index is -0.117. The monoisotopic (exact) mass is 474 g/mol. The Bertz CT molecular complexity index is 1160. The van der Waals surface area contributed by atoms with E-state index in [1.165, 1.54) is 0 Å². The van der Waals surface area contributed by atoms with E-state index in [2.05, 4.69) is 20.9 Å². The van der Waals surface area contributed by atoms with Crippen LogP contribution in [0.15, 0.2) is 54.7 Å². The molecule has 1 saturated heterocycles. The minimum Gasteiger partial charge on any atom is -0.491 e. The fourth-order valence-electron chi connectivity index (χ4n) is 5.29. The summed E-state index contributed by atoms with van der Waals surface area (Å²) in [5.41, 5.74) is 3.02. The lowest BCUT2D eigenvalue weighted by Gasteiger charge is -2.41. The third-order valence-corrected chi connectivity index (χ3v) is 7.58. The first kappa shape index (κ1) is 23.7. The van der Waals surface area contributed by atoms with Crippen molar-refractivity contribution < 1.29 is 14.6 Å². The van der Waals surface area contributed by atoms with E-state index in [0.29, 0.717) is 25.4 Å². The average molecular weight is 475 g/mol. The van der Waals surface area contributed by atoms with Gasteiger partial charge in [-0.15, -0.1) is 0 Å². The summed E-state index contributed by atoms with van der Waals surface area (Å²) in [5.74, 6) is 0.757. The van der Waals surface area contributed by atoms with E-state index < -0.39 is 0 Å². The van der Waals surface area contributed by atoms with Crippen LogP contribution in [0.5, 0.6) is 5.75 Å². The zero-order chi connectivity index (χ0) is 24.1. The first-order valence-electron chi connectivity index (χ1n) is 12.7. The highest BCUT2D eigenvalue weighted by atomic mass is 16.5. The van der Waals surface area contributed by atoms with Crippen molar-refractivity contribution in [3.8, 4) is 5.75 Å². The van der Waals surface area contributed by atoms with Crippen LogP contribution in [-0.2, 0) is 6.54 Å². The molecule has 1 fully saturated rings. The molecule has 0 atom stereocenters. The van der Waals surface area contributed by atoms with Crippen molar-refractivity contribution in [2.24, 2.45) is 5.41 Å². The summed E-state index contributed by atoms with van der Waals surface area (Å²) in [6.07, 6.45) is 6.43. The summed E-state index contributed by atoms with van der Waals surface area (Å²) in [6, 6.07) is 15.8. The molecule has 184 valence electrons. The quantitative estimate of drug-likeness (QED) is 0.607. The summed E-state index contributed by atoms with van der Waals surface area (Å²) < 4.78 is 6.20. The second-order valence-electron chi connectivity index (χ2n) is 9.88. The molecule has 3 aromatic rings. The fraction of sp³-hybridized carbons (Fsp3) is 0.464. The zero-order valence-electron chi connectivity index (χ0n) is 20.2. The van der Waals surface area contributed by atoms with Gasteiger partial charge in [0.25, 0.3) is 5.91 Å². The predicted molar refractivity (Wildman–Crippen MR) is 135 cm³/mol. The highest BCUT2D eigenvalue weighted by Crippen LogP contribution is 2.37. The van der Waals surface area contributed by atoms with E-state index in [1.807, 2.05) is 47.4 Å². The largest absolute Gasteiger partial charge is 0.491 e. The number of aliphatic hydroxyl groups excluding tert-OH is 1. The number of para-hydroxylation sites is 3. The van der Waals surface area contributed by atoms with Gasteiger partial charge in [0, 0.05) is 25.3 Å². The predicted octanol–water partition coefficient (Wildman–Crippen LogP) is 3.91. The molecule has 3 aliphatic rings. The van der Waals surface area contributed by atoms with Crippen LogP contribution in [-0.4, -0.2) is 70.2 Å². The second kappa shape index (κ2) is 10.7. The Balaban J connectivity index is 1.37. The molecule has 35 heavy (non-hydrogen) atoms. The van der Waals surface area contributed by atoms with Crippen molar-refractivity contribution >= 4 is 16.9 Å². The van der Waals surface area contributed by atoms with Crippen LogP contribution in [0.25, 0.3) is 11.0 Å².